The normalized spacial score (nSPS) is 12.8. The third-order valence-electron chi connectivity index (χ3n) is 3.79. The maximum absolute atomic E-state index is 14.0. The number of alkyl halides is 3. The van der Waals surface area contributed by atoms with Gasteiger partial charge in [-0.25, -0.2) is 19.2 Å². The number of furan rings is 1. The van der Waals surface area contributed by atoms with Gasteiger partial charge in [0.2, 0.25) is 5.95 Å². The van der Waals surface area contributed by atoms with E-state index in [2.05, 4.69) is 15.3 Å². The number of anilines is 2. The van der Waals surface area contributed by atoms with E-state index in [9.17, 15) is 22.4 Å². The Labute approximate surface area is 159 Å². The molecule has 2 heterocycles. The van der Waals surface area contributed by atoms with Gasteiger partial charge in [-0.1, -0.05) is 11.6 Å². The van der Waals surface area contributed by atoms with Crippen LogP contribution in [0, 0.1) is 12.7 Å². The highest BCUT2D eigenvalue weighted by Crippen LogP contribution is 2.39. The van der Waals surface area contributed by atoms with Crippen LogP contribution in [-0.4, -0.2) is 22.2 Å². The van der Waals surface area contributed by atoms with Gasteiger partial charge in [-0.3, -0.25) is 0 Å². The van der Waals surface area contributed by atoms with E-state index in [1.54, 1.807) is 5.32 Å². The Morgan fingerprint density at radius 1 is 1.29 bits per heavy atom. The van der Waals surface area contributed by atoms with Crippen molar-refractivity contribution in [3.63, 3.8) is 0 Å². The molecule has 148 valence electrons. The number of benzene rings is 1. The van der Waals surface area contributed by atoms with Gasteiger partial charge in [-0.2, -0.15) is 13.2 Å². The fourth-order valence-electron chi connectivity index (χ4n) is 2.53. The SMILES string of the molecule is Cc1c(C(NC(=O)Nc2cnc(N)nc2)C(F)(F)F)oc2c(F)cc(Cl)cc12. The Hall–Kier alpha value is -3.08. The zero-order valence-electron chi connectivity index (χ0n) is 14.1. The monoisotopic (exact) mass is 417 g/mol. The van der Waals surface area contributed by atoms with E-state index in [1.807, 2.05) is 0 Å². The van der Waals surface area contributed by atoms with E-state index < -0.39 is 29.8 Å². The number of carbonyl (C=O) groups is 1. The number of halogens is 5. The second-order valence-corrected chi connectivity index (χ2v) is 6.20. The summed E-state index contributed by atoms with van der Waals surface area (Å²) in [5.74, 6) is -1.65. The van der Waals surface area contributed by atoms with Crippen molar-refractivity contribution >= 4 is 40.2 Å². The molecule has 0 saturated heterocycles. The number of hydrogen-bond donors (Lipinski definition) is 3. The van der Waals surface area contributed by atoms with Gasteiger partial charge in [0.05, 0.1) is 18.1 Å². The molecule has 0 aliphatic heterocycles. The minimum Gasteiger partial charge on any atom is -0.455 e. The van der Waals surface area contributed by atoms with Crippen molar-refractivity contribution in [2.45, 2.75) is 19.1 Å². The Balaban J connectivity index is 1.94. The number of carbonyl (C=O) groups excluding carboxylic acids is 1. The van der Waals surface area contributed by atoms with E-state index in [0.717, 1.165) is 18.5 Å². The summed E-state index contributed by atoms with van der Waals surface area (Å²) in [5.41, 5.74) is 4.92. The number of nitrogens with zero attached hydrogens (tertiary/aromatic N) is 2. The van der Waals surface area contributed by atoms with Crippen LogP contribution in [0.4, 0.5) is 34.0 Å². The number of nitrogens with one attached hydrogen (secondary N) is 2. The first kappa shape index (κ1) is 19.7. The van der Waals surface area contributed by atoms with Crippen molar-refractivity contribution in [2.24, 2.45) is 0 Å². The van der Waals surface area contributed by atoms with E-state index in [-0.39, 0.29) is 33.2 Å². The predicted molar refractivity (Wildman–Crippen MR) is 93.3 cm³/mol. The van der Waals surface area contributed by atoms with E-state index in [4.69, 9.17) is 21.8 Å². The summed E-state index contributed by atoms with van der Waals surface area (Å²) in [6, 6.07) is -1.54. The fraction of sp³-hybridized carbons (Fsp3) is 0.188. The van der Waals surface area contributed by atoms with Crippen LogP contribution in [0.2, 0.25) is 5.02 Å². The summed E-state index contributed by atoms with van der Waals surface area (Å²) in [4.78, 5) is 19.2. The second kappa shape index (κ2) is 7.15. The lowest BCUT2D eigenvalue weighted by Crippen LogP contribution is -2.40. The molecule has 7 nitrogen and oxygen atoms in total. The summed E-state index contributed by atoms with van der Waals surface area (Å²) >= 11 is 5.76. The number of amides is 2. The van der Waals surface area contributed by atoms with Gasteiger partial charge >= 0.3 is 12.2 Å². The third-order valence-corrected chi connectivity index (χ3v) is 4.01. The number of nitrogens with two attached hydrogens (primary N) is 1. The number of fused-ring (bicyclic) bond motifs is 1. The number of rotatable bonds is 3. The Bertz CT molecular complexity index is 1040. The number of aromatic nitrogens is 2. The van der Waals surface area contributed by atoms with Crippen LogP contribution in [0.5, 0.6) is 0 Å². The molecule has 0 spiro atoms. The van der Waals surface area contributed by atoms with Crippen molar-refractivity contribution in [3.8, 4) is 0 Å². The van der Waals surface area contributed by atoms with Crippen molar-refractivity contribution < 1.29 is 26.8 Å². The fourth-order valence-corrected chi connectivity index (χ4v) is 2.74. The van der Waals surface area contributed by atoms with Crippen LogP contribution >= 0.6 is 11.6 Å². The second-order valence-electron chi connectivity index (χ2n) is 5.76. The smallest absolute Gasteiger partial charge is 0.416 e. The van der Waals surface area contributed by atoms with E-state index >= 15 is 0 Å². The molecule has 3 aromatic rings. The maximum Gasteiger partial charge on any atom is 0.416 e. The number of aryl methyl sites for hydroxylation is 1. The van der Waals surface area contributed by atoms with Gasteiger partial charge in [0.1, 0.15) is 5.76 Å². The van der Waals surface area contributed by atoms with Crippen LogP contribution in [0.15, 0.2) is 28.9 Å². The number of hydrogen-bond acceptors (Lipinski definition) is 5. The lowest BCUT2D eigenvalue weighted by Gasteiger charge is -2.20. The summed E-state index contributed by atoms with van der Waals surface area (Å²) in [6.07, 6.45) is -2.68. The number of urea groups is 1. The minimum absolute atomic E-state index is 0.00179. The molecule has 3 rings (SSSR count). The first-order chi connectivity index (χ1) is 13.1. The van der Waals surface area contributed by atoms with Crippen LogP contribution in [-0.2, 0) is 0 Å². The van der Waals surface area contributed by atoms with Crippen LogP contribution in [0.1, 0.15) is 17.4 Å². The molecule has 0 bridgehead atoms. The molecule has 0 radical (unpaired) electrons. The van der Waals surface area contributed by atoms with Crippen LogP contribution < -0.4 is 16.4 Å². The molecule has 4 N–H and O–H groups in total. The molecule has 2 aromatic heterocycles. The van der Waals surface area contributed by atoms with E-state index in [1.165, 1.54) is 13.0 Å². The molecule has 0 aliphatic rings. The maximum atomic E-state index is 14.0. The Morgan fingerprint density at radius 2 is 1.93 bits per heavy atom. The van der Waals surface area contributed by atoms with Crippen LogP contribution in [0.3, 0.4) is 0 Å². The first-order valence-corrected chi connectivity index (χ1v) is 8.04. The lowest BCUT2D eigenvalue weighted by molar-refractivity contribution is -0.158. The van der Waals surface area contributed by atoms with Gasteiger partial charge in [0, 0.05) is 16.0 Å². The first-order valence-electron chi connectivity index (χ1n) is 7.66. The van der Waals surface area contributed by atoms with Crippen molar-refractivity contribution in [3.05, 3.63) is 46.7 Å². The standard InChI is InChI=1S/C16H12ClF4N5O2/c1-6-9-2-7(17)3-10(18)12(9)28-11(6)13(16(19,20)21)26-15(27)25-8-4-23-14(22)24-5-8/h2-5,13H,1H3,(H2,22,23,24)(H2,25,26,27). The highest BCUT2D eigenvalue weighted by molar-refractivity contribution is 6.31. The summed E-state index contributed by atoms with van der Waals surface area (Å²) < 4.78 is 59.9. The van der Waals surface area contributed by atoms with Crippen molar-refractivity contribution in [1.29, 1.82) is 0 Å². The molecular weight excluding hydrogens is 406 g/mol. The summed E-state index contributed by atoms with van der Waals surface area (Å²) in [7, 11) is 0. The van der Waals surface area contributed by atoms with Gasteiger partial charge in [-0.15, -0.1) is 0 Å². The van der Waals surface area contributed by atoms with Crippen LogP contribution in [0.25, 0.3) is 11.0 Å². The average Bonchev–Trinajstić information content (AvgIpc) is 2.91. The summed E-state index contributed by atoms with van der Waals surface area (Å²) in [6.45, 7) is 1.31. The molecule has 1 atom stereocenters. The molecule has 2 amide bonds. The van der Waals surface area contributed by atoms with Gasteiger partial charge in [0.15, 0.2) is 17.4 Å². The van der Waals surface area contributed by atoms with Crippen molar-refractivity contribution in [2.75, 3.05) is 11.1 Å². The molecule has 1 aromatic carbocycles. The Morgan fingerprint density at radius 3 is 2.54 bits per heavy atom. The van der Waals surface area contributed by atoms with Gasteiger partial charge in [0.25, 0.3) is 0 Å². The van der Waals surface area contributed by atoms with Gasteiger partial charge in [-0.05, 0) is 19.1 Å². The third kappa shape index (κ3) is 3.93. The summed E-state index contributed by atoms with van der Waals surface area (Å²) in [5, 5.41) is 3.98. The lowest BCUT2D eigenvalue weighted by atomic mass is 10.1. The van der Waals surface area contributed by atoms with Crippen molar-refractivity contribution in [1.82, 2.24) is 15.3 Å². The molecule has 0 fully saturated rings. The predicted octanol–water partition coefficient (Wildman–Crippen LogP) is 4.33. The molecule has 28 heavy (non-hydrogen) atoms. The average molecular weight is 418 g/mol. The molecular formula is C16H12ClF4N5O2. The quantitative estimate of drug-likeness (QED) is 0.550. The largest absolute Gasteiger partial charge is 0.455 e. The number of nitrogen functional groups attached to an aromatic ring is 1. The molecule has 0 aliphatic carbocycles. The minimum atomic E-state index is -4.92. The van der Waals surface area contributed by atoms with Gasteiger partial charge < -0.3 is 20.8 Å². The van der Waals surface area contributed by atoms with E-state index in [0.29, 0.717) is 0 Å². The highest BCUT2D eigenvalue weighted by Gasteiger charge is 2.45. The topological polar surface area (TPSA) is 106 Å². The highest BCUT2D eigenvalue weighted by atomic mass is 35.5. The zero-order valence-corrected chi connectivity index (χ0v) is 14.8. The molecule has 0 saturated carbocycles. The Kier molecular flexibility index (Phi) is 5.02. The molecule has 1 unspecified atom stereocenters. The zero-order chi connectivity index (χ0) is 20.6. The molecule has 12 heteroatoms.